The summed E-state index contributed by atoms with van der Waals surface area (Å²) in [5, 5.41) is 4.14. The molecule has 1 N–H and O–H groups in total. The molecule has 4 heteroatoms. The van der Waals surface area contributed by atoms with Crippen molar-refractivity contribution in [3.8, 4) is 0 Å². The molecule has 0 saturated carbocycles. The van der Waals surface area contributed by atoms with Crippen molar-refractivity contribution < 1.29 is 0 Å². The number of rotatable bonds is 4. The number of hydrogen-bond acceptors (Lipinski definition) is 2. The minimum atomic E-state index is 0.738. The van der Waals surface area contributed by atoms with E-state index in [4.69, 9.17) is 11.6 Å². The molecule has 0 aliphatic heterocycles. The van der Waals surface area contributed by atoms with E-state index in [0.29, 0.717) is 0 Å². The zero-order valence-corrected chi connectivity index (χ0v) is 12.4. The highest BCUT2D eigenvalue weighted by Crippen LogP contribution is 2.23. The van der Waals surface area contributed by atoms with E-state index in [1.165, 1.54) is 16.7 Å². The van der Waals surface area contributed by atoms with Gasteiger partial charge in [-0.3, -0.25) is 4.98 Å². The van der Waals surface area contributed by atoms with E-state index in [1.807, 2.05) is 36.7 Å². The molecule has 18 heavy (non-hydrogen) atoms. The number of nitrogens with one attached hydrogen (secondary N) is 1. The van der Waals surface area contributed by atoms with Crippen molar-refractivity contribution in [1.29, 1.82) is 0 Å². The van der Waals surface area contributed by atoms with Crippen LogP contribution >= 0.6 is 27.5 Å². The van der Waals surface area contributed by atoms with E-state index in [2.05, 4.69) is 33.2 Å². The van der Waals surface area contributed by atoms with Crippen LogP contribution in [0.25, 0.3) is 0 Å². The maximum absolute atomic E-state index is 5.96. The fourth-order valence-electron chi connectivity index (χ4n) is 1.67. The summed E-state index contributed by atoms with van der Waals surface area (Å²) < 4.78 is 0.932. The summed E-state index contributed by atoms with van der Waals surface area (Å²) in [4.78, 5) is 4.13. The molecule has 0 saturated heterocycles. The number of nitrogens with zero attached hydrogens (tertiary/aromatic N) is 1. The van der Waals surface area contributed by atoms with Gasteiger partial charge < -0.3 is 5.32 Å². The molecule has 0 aliphatic carbocycles. The van der Waals surface area contributed by atoms with Crippen molar-refractivity contribution in [3.63, 3.8) is 0 Å². The highest BCUT2D eigenvalue weighted by Gasteiger charge is 2.00. The number of benzene rings is 1. The minimum Gasteiger partial charge on any atom is -0.309 e. The maximum Gasteiger partial charge on any atom is 0.0548 e. The lowest BCUT2D eigenvalue weighted by Crippen LogP contribution is -2.13. The topological polar surface area (TPSA) is 24.9 Å². The van der Waals surface area contributed by atoms with Crippen LogP contribution in [-0.4, -0.2) is 4.98 Å². The molecular formula is C14H14BrClN2. The standard InChI is InChI=1S/C14H14BrClN2/c1-10-4-5-17-8-12(10)9-18-7-11-2-3-14(16)13(15)6-11/h2-6,8,18H,7,9H2,1H3. The van der Waals surface area contributed by atoms with E-state index >= 15 is 0 Å². The monoisotopic (exact) mass is 324 g/mol. The van der Waals surface area contributed by atoms with Crippen LogP contribution in [0.15, 0.2) is 41.1 Å². The molecular weight excluding hydrogens is 312 g/mol. The SMILES string of the molecule is Cc1ccncc1CNCc1ccc(Cl)c(Br)c1. The highest BCUT2D eigenvalue weighted by molar-refractivity contribution is 9.10. The van der Waals surface area contributed by atoms with Gasteiger partial charge in [0.25, 0.3) is 0 Å². The number of aryl methyl sites for hydroxylation is 1. The van der Waals surface area contributed by atoms with Gasteiger partial charge in [0.05, 0.1) is 5.02 Å². The summed E-state index contributed by atoms with van der Waals surface area (Å²) in [6.45, 7) is 3.72. The first-order valence-corrected chi connectivity index (χ1v) is 6.88. The Morgan fingerprint density at radius 1 is 1.28 bits per heavy atom. The molecule has 0 unspecified atom stereocenters. The lowest BCUT2D eigenvalue weighted by atomic mass is 10.1. The van der Waals surface area contributed by atoms with E-state index in [0.717, 1.165) is 22.6 Å². The van der Waals surface area contributed by atoms with Crippen molar-refractivity contribution >= 4 is 27.5 Å². The summed E-state index contributed by atoms with van der Waals surface area (Å²) in [5.41, 5.74) is 3.69. The van der Waals surface area contributed by atoms with Gasteiger partial charge in [0.2, 0.25) is 0 Å². The Balaban J connectivity index is 1.92. The van der Waals surface area contributed by atoms with Crippen molar-refractivity contribution in [3.05, 3.63) is 62.8 Å². The summed E-state index contributed by atoms with van der Waals surface area (Å²) in [7, 11) is 0. The smallest absolute Gasteiger partial charge is 0.0548 e. The molecule has 2 aromatic rings. The van der Waals surface area contributed by atoms with Gasteiger partial charge in [-0.25, -0.2) is 0 Å². The van der Waals surface area contributed by atoms with Crippen LogP contribution in [0.1, 0.15) is 16.7 Å². The molecule has 1 aromatic carbocycles. The van der Waals surface area contributed by atoms with Gasteiger partial charge in [0.1, 0.15) is 0 Å². The molecule has 2 rings (SSSR count). The second-order valence-corrected chi connectivity index (χ2v) is 5.42. The van der Waals surface area contributed by atoms with Crippen molar-refractivity contribution in [2.45, 2.75) is 20.0 Å². The van der Waals surface area contributed by atoms with Crippen LogP contribution in [0.2, 0.25) is 5.02 Å². The molecule has 0 amide bonds. The van der Waals surface area contributed by atoms with Crippen LogP contribution in [-0.2, 0) is 13.1 Å². The zero-order chi connectivity index (χ0) is 13.0. The van der Waals surface area contributed by atoms with Gasteiger partial charge in [0, 0.05) is 30.0 Å². The lowest BCUT2D eigenvalue weighted by molar-refractivity contribution is 0.688. The maximum atomic E-state index is 5.96. The van der Waals surface area contributed by atoms with Crippen LogP contribution in [0.5, 0.6) is 0 Å². The van der Waals surface area contributed by atoms with Gasteiger partial charge in [-0.15, -0.1) is 0 Å². The van der Waals surface area contributed by atoms with Crippen LogP contribution in [0.4, 0.5) is 0 Å². The van der Waals surface area contributed by atoms with Crippen molar-refractivity contribution in [2.75, 3.05) is 0 Å². The van der Waals surface area contributed by atoms with E-state index < -0.39 is 0 Å². The first-order chi connectivity index (χ1) is 8.66. The van der Waals surface area contributed by atoms with Crippen molar-refractivity contribution in [1.82, 2.24) is 10.3 Å². The van der Waals surface area contributed by atoms with Gasteiger partial charge in [0.15, 0.2) is 0 Å². The van der Waals surface area contributed by atoms with Gasteiger partial charge >= 0.3 is 0 Å². The third-order valence-corrected chi connectivity index (χ3v) is 3.99. The molecule has 1 heterocycles. The quantitative estimate of drug-likeness (QED) is 0.915. The normalized spacial score (nSPS) is 10.6. The molecule has 0 spiro atoms. The van der Waals surface area contributed by atoms with Gasteiger partial charge in [-0.05, 0) is 57.7 Å². The summed E-state index contributed by atoms with van der Waals surface area (Å²) in [6, 6.07) is 7.98. The predicted octanol–water partition coefficient (Wildman–Crippen LogP) is 4.10. The Labute approximate surface area is 121 Å². The Morgan fingerprint density at radius 3 is 2.83 bits per heavy atom. The average molecular weight is 326 g/mol. The Morgan fingerprint density at radius 2 is 2.11 bits per heavy atom. The molecule has 0 bridgehead atoms. The second-order valence-electron chi connectivity index (χ2n) is 4.15. The molecule has 0 fully saturated rings. The zero-order valence-electron chi connectivity index (χ0n) is 10.1. The molecule has 1 aromatic heterocycles. The van der Waals surface area contributed by atoms with E-state index in [-0.39, 0.29) is 0 Å². The first-order valence-electron chi connectivity index (χ1n) is 5.71. The average Bonchev–Trinajstić information content (AvgIpc) is 2.36. The van der Waals surface area contributed by atoms with E-state index in [9.17, 15) is 0 Å². The van der Waals surface area contributed by atoms with Crippen molar-refractivity contribution in [2.24, 2.45) is 0 Å². The molecule has 0 aliphatic rings. The third kappa shape index (κ3) is 3.55. The number of halogens is 2. The third-order valence-electron chi connectivity index (χ3n) is 2.78. The van der Waals surface area contributed by atoms with Crippen LogP contribution < -0.4 is 5.32 Å². The summed E-state index contributed by atoms with van der Waals surface area (Å²) in [5.74, 6) is 0. The summed E-state index contributed by atoms with van der Waals surface area (Å²) >= 11 is 9.38. The Kier molecular flexibility index (Phi) is 4.75. The van der Waals surface area contributed by atoms with Crippen LogP contribution in [0.3, 0.4) is 0 Å². The van der Waals surface area contributed by atoms with E-state index in [1.54, 1.807) is 0 Å². The number of hydrogen-bond donors (Lipinski definition) is 1. The Hall–Kier alpha value is -0.900. The fourth-order valence-corrected chi connectivity index (χ4v) is 2.22. The summed E-state index contributed by atoms with van der Waals surface area (Å²) in [6.07, 6.45) is 3.72. The highest BCUT2D eigenvalue weighted by atomic mass is 79.9. The molecule has 94 valence electrons. The second kappa shape index (κ2) is 6.32. The number of aromatic nitrogens is 1. The Bertz CT molecular complexity index is 543. The first kappa shape index (κ1) is 13.5. The molecule has 0 radical (unpaired) electrons. The van der Waals surface area contributed by atoms with Gasteiger partial charge in [-0.1, -0.05) is 17.7 Å². The lowest BCUT2D eigenvalue weighted by Gasteiger charge is -2.08. The minimum absolute atomic E-state index is 0.738. The fraction of sp³-hybridized carbons (Fsp3) is 0.214. The predicted molar refractivity (Wildman–Crippen MR) is 78.7 cm³/mol. The largest absolute Gasteiger partial charge is 0.309 e. The number of pyridine rings is 1. The molecule has 0 atom stereocenters. The van der Waals surface area contributed by atoms with Crippen LogP contribution in [0, 0.1) is 6.92 Å². The molecule has 2 nitrogen and oxygen atoms in total. The van der Waals surface area contributed by atoms with Gasteiger partial charge in [-0.2, -0.15) is 0 Å².